The van der Waals surface area contributed by atoms with Crippen molar-refractivity contribution in [2.24, 2.45) is 5.92 Å². The van der Waals surface area contributed by atoms with Gasteiger partial charge in [-0.15, -0.1) is 0 Å². The number of aromatic nitrogens is 2. The molecule has 0 spiro atoms. The van der Waals surface area contributed by atoms with Crippen LogP contribution >= 0.6 is 0 Å². The van der Waals surface area contributed by atoms with Crippen molar-refractivity contribution in [2.45, 2.75) is 26.2 Å². The first kappa shape index (κ1) is 10.3. The molecule has 1 aromatic heterocycles. The van der Waals surface area contributed by atoms with Gasteiger partial charge in [-0.3, -0.25) is 0 Å². The van der Waals surface area contributed by atoms with Crippen LogP contribution in [0.15, 0.2) is 22.7 Å². The smallest absolute Gasteiger partial charge is 0.257 e. The van der Waals surface area contributed by atoms with E-state index in [4.69, 9.17) is 4.52 Å². The largest absolute Gasteiger partial charge is 0.508 e. The zero-order chi connectivity index (χ0) is 11.8. The summed E-state index contributed by atoms with van der Waals surface area (Å²) in [5, 5.41) is 13.4. The Morgan fingerprint density at radius 2 is 2.24 bits per heavy atom. The molecule has 2 aromatic rings. The average molecular weight is 230 g/mol. The molecule has 0 amide bonds. The zero-order valence-corrected chi connectivity index (χ0v) is 9.68. The molecule has 88 valence electrons. The molecule has 4 nitrogen and oxygen atoms in total. The van der Waals surface area contributed by atoms with Crippen molar-refractivity contribution in [1.29, 1.82) is 0 Å². The summed E-state index contributed by atoms with van der Waals surface area (Å²) >= 11 is 0. The van der Waals surface area contributed by atoms with Gasteiger partial charge in [-0.05, 0) is 49.4 Å². The lowest BCUT2D eigenvalue weighted by molar-refractivity contribution is 0.420. The van der Waals surface area contributed by atoms with E-state index in [2.05, 4.69) is 10.1 Å². The van der Waals surface area contributed by atoms with Crippen molar-refractivity contribution < 1.29 is 9.63 Å². The van der Waals surface area contributed by atoms with Gasteiger partial charge in [0.25, 0.3) is 5.89 Å². The molecule has 1 fully saturated rings. The van der Waals surface area contributed by atoms with Crippen molar-refractivity contribution in [3.05, 3.63) is 29.6 Å². The minimum atomic E-state index is 0.284. The van der Waals surface area contributed by atoms with E-state index in [1.165, 1.54) is 12.8 Å². The third-order valence-electron chi connectivity index (χ3n) is 3.08. The van der Waals surface area contributed by atoms with Crippen LogP contribution in [0.5, 0.6) is 5.75 Å². The monoisotopic (exact) mass is 230 g/mol. The van der Waals surface area contributed by atoms with Gasteiger partial charge in [0.05, 0.1) is 0 Å². The fourth-order valence-electron chi connectivity index (χ4n) is 1.82. The van der Waals surface area contributed by atoms with Crippen molar-refractivity contribution in [1.82, 2.24) is 10.1 Å². The standard InChI is InChI=1S/C13H14N2O2/c1-8-6-10(4-5-11(8)16)13-14-12(15-17-13)7-9-2-3-9/h4-6,9,16H,2-3,7H2,1H3. The Hall–Kier alpha value is -1.84. The number of phenols is 1. The normalized spacial score (nSPS) is 15.1. The van der Waals surface area contributed by atoms with E-state index >= 15 is 0 Å². The Morgan fingerprint density at radius 3 is 2.94 bits per heavy atom. The number of hydrogen-bond donors (Lipinski definition) is 1. The first-order valence-electron chi connectivity index (χ1n) is 5.85. The van der Waals surface area contributed by atoms with Gasteiger partial charge in [-0.25, -0.2) is 0 Å². The quantitative estimate of drug-likeness (QED) is 0.880. The fraction of sp³-hybridized carbons (Fsp3) is 0.385. The maximum Gasteiger partial charge on any atom is 0.257 e. The Labute approximate surface area is 99.3 Å². The molecule has 1 aromatic carbocycles. The van der Waals surface area contributed by atoms with Gasteiger partial charge in [0.1, 0.15) is 5.75 Å². The van der Waals surface area contributed by atoms with Crippen LogP contribution < -0.4 is 0 Å². The lowest BCUT2D eigenvalue weighted by atomic mass is 10.1. The van der Waals surface area contributed by atoms with Crippen LogP contribution in [0.4, 0.5) is 0 Å². The maximum absolute atomic E-state index is 9.46. The summed E-state index contributed by atoms with van der Waals surface area (Å²) in [5.74, 6) is 2.35. The summed E-state index contributed by atoms with van der Waals surface area (Å²) in [6, 6.07) is 5.29. The third-order valence-corrected chi connectivity index (χ3v) is 3.08. The molecule has 0 unspecified atom stereocenters. The predicted octanol–water partition coefficient (Wildman–Crippen LogP) is 2.70. The van der Waals surface area contributed by atoms with Crippen LogP contribution in [0.25, 0.3) is 11.5 Å². The Bertz CT molecular complexity index is 544. The van der Waals surface area contributed by atoms with E-state index in [1.54, 1.807) is 12.1 Å². The molecule has 1 aliphatic rings. The van der Waals surface area contributed by atoms with Gasteiger partial charge in [-0.2, -0.15) is 4.98 Å². The van der Waals surface area contributed by atoms with Crippen LogP contribution in [0.2, 0.25) is 0 Å². The highest BCUT2D eigenvalue weighted by Gasteiger charge is 2.24. The zero-order valence-electron chi connectivity index (χ0n) is 9.68. The highest BCUT2D eigenvalue weighted by atomic mass is 16.5. The average Bonchev–Trinajstić information content (AvgIpc) is 2.99. The highest BCUT2D eigenvalue weighted by molar-refractivity contribution is 5.56. The number of phenolic OH excluding ortho intramolecular Hbond substituents is 1. The van der Waals surface area contributed by atoms with Gasteiger partial charge in [0, 0.05) is 12.0 Å². The van der Waals surface area contributed by atoms with Crippen LogP contribution in [0.1, 0.15) is 24.2 Å². The summed E-state index contributed by atoms with van der Waals surface area (Å²) in [6.07, 6.45) is 3.48. The molecular weight excluding hydrogens is 216 g/mol. The summed E-state index contributed by atoms with van der Waals surface area (Å²) in [4.78, 5) is 4.37. The SMILES string of the molecule is Cc1cc(-c2nc(CC3CC3)no2)ccc1O. The van der Waals surface area contributed by atoms with Gasteiger partial charge in [0.15, 0.2) is 5.82 Å². The first-order valence-corrected chi connectivity index (χ1v) is 5.85. The highest BCUT2D eigenvalue weighted by Crippen LogP contribution is 2.32. The van der Waals surface area contributed by atoms with Gasteiger partial charge < -0.3 is 9.63 Å². The van der Waals surface area contributed by atoms with E-state index in [1.807, 2.05) is 13.0 Å². The number of aryl methyl sites for hydroxylation is 1. The summed E-state index contributed by atoms with van der Waals surface area (Å²) in [5.41, 5.74) is 1.67. The Morgan fingerprint density at radius 1 is 1.41 bits per heavy atom. The van der Waals surface area contributed by atoms with Crippen molar-refractivity contribution in [3.8, 4) is 17.2 Å². The van der Waals surface area contributed by atoms with E-state index in [0.29, 0.717) is 5.89 Å². The van der Waals surface area contributed by atoms with Gasteiger partial charge in [0.2, 0.25) is 0 Å². The second kappa shape index (κ2) is 3.87. The molecule has 0 saturated heterocycles. The van der Waals surface area contributed by atoms with E-state index < -0.39 is 0 Å². The first-order chi connectivity index (χ1) is 8.22. The minimum Gasteiger partial charge on any atom is -0.508 e. The number of benzene rings is 1. The predicted molar refractivity (Wildman–Crippen MR) is 62.6 cm³/mol. The molecule has 0 bridgehead atoms. The van der Waals surface area contributed by atoms with Crippen LogP contribution in [-0.4, -0.2) is 15.2 Å². The minimum absolute atomic E-state index is 0.284. The lowest BCUT2D eigenvalue weighted by Crippen LogP contribution is -1.89. The molecule has 17 heavy (non-hydrogen) atoms. The number of rotatable bonds is 3. The van der Waals surface area contributed by atoms with Crippen LogP contribution in [0, 0.1) is 12.8 Å². The molecule has 1 saturated carbocycles. The maximum atomic E-state index is 9.46. The topological polar surface area (TPSA) is 59.2 Å². The molecular formula is C13H14N2O2. The summed E-state index contributed by atoms with van der Waals surface area (Å²) < 4.78 is 5.23. The van der Waals surface area contributed by atoms with Crippen molar-refractivity contribution >= 4 is 0 Å². The molecule has 3 rings (SSSR count). The number of hydrogen-bond acceptors (Lipinski definition) is 4. The van der Waals surface area contributed by atoms with E-state index in [9.17, 15) is 5.11 Å². The van der Waals surface area contributed by atoms with Crippen molar-refractivity contribution in [2.75, 3.05) is 0 Å². The van der Waals surface area contributed by atoms with E-state index in [0.717, 1.165) is 29.3 Å². The number of nitrogens with zero attached hydrogens (tertiary/aromatic N) is 2. The third kappa shape index (κ3) is 2.16. The van der Waals surface area contributed by atoms with Crippen LogP contribution in [0.3, 0.4) is 0 Å². The summed E-state index contributed by atoms with van der Waals surface area (Å²) in [7, 11) is 0. The molecule has 1 aliphatic carbocycles. The molecule has 4 heteroatoms. The Balaban J connectivity index is 1.86. The molecule has 1 N–H and O–H groups in total. The van der Waals surface area contributed by atoms with E-state index in [-0.39, 0.29) is 5.75 Å². The second-order valence-electron chi connectivity index (χ2n) is 4.66. The van der Waals surface area contributed by atoms with Crippen molar-refractivity contribution in [3.63, 3.8) is 0 Å². The molecule has 0 aliphatic heterocycles. The molecule has 1 heterocycles. The molecule has 0 atom stereocenters. The Kier molecular flexibility index (Phi) is 2.35. The lowest BCUT2D eigenvalue weighted by Gasteiger charge is -1.99. The summed E-state index contributed by atoms with van der Waals surface area (Å²) in [6.45, 7) is 1.85. The number of aromatic hydroxyl groups is 1. The fourth-order valence-corrected chi connectivity index (χ4v) is 1.82. The molecule has 0 radical (unpaired) electrons. The second-order valence-corrected chi connectivity index (χ2v) is 4.66. The van der Waals surface area contributed by atoms with Gasteiger partial charge >= 0.3 is 0 Å². The van der Waals surface area contributed by atoms with Gasteiger partial charge in [-0.1, -0.05) is 5.16 Å². The van der Waals surface area contributed by atoms with Crippen LogP contribution in [-0.2, 0) is 6.42 Å².